The van der Waals surface area contributed by atoms with Crippen LogP contribution in [0.25, 0.3) is 0 Å². The smallest absolute Gasteiger partial charge is 0.149 e. The summed E-state index contributed by atoms with van der Waals surface area (Å²) in [4.78, 5) is 1.68. The van der Waals surface area contributed by atoms with Gasteiger partial charge in [0, 0.05) is 19.1 Å². The SMILES string of the molecule is CCCNCc1cc(F)c(N(CCO)C2CCC2)c(F)c1. The molecule has 0 radical (unpaired) electrons. The summed E-state index contributed by atoms with van der Waals surface area (Å²) < 4.78 is 28.6. The largest absolute Gasteiger partial charge is 0.395 e. The number of benzene rings is 1. The molecule has 0 aromatic heterocycles. The molecule has 5 heteroatoms. The first kappa shape index (κ1) is 16.2. The highest BCUT2D eigenvalue weighted by atomic mass is 19.1. The van der Waals surface area contributed by atoms with Gasteiger partial charge in [-0.15, -0.1) is 0 Å². The summed E-state index contributed by atoms with van der Waals surface area (Å²) in [6, 6.07) is 2.93. The number of rotatable bonds is 8. The van der Waals surface area contributed by atoms with Crippen LogP contribution >= 0.6 is 0 Å². The number of aliphatic hydroxyl groups excluding tert-OH is 1. The summed E-state index contributed by atoms with van der Waals surface area (Å²) in [7, 11) is 0. The standard InChI is InChI=1S/C16H24F2N2O/c1-2-6-19-11-12-9-14(17)16(15(18)10-12)20(7-8-21)13-4-3-5-13/h9-10,13,19,21H,2-8,11H2,1H3. The van der Waals surface area contributed by atoms with Crippen molar-refractivity contribution in [2.24, 2.45) is 0 Å². The van der Waals surface area contributed by atoms with Crippen molar-refractivity contribution in [1.82, 2.24) is 5.32 Å². The molecular formula is C16H24F2N2O. The lowest BCUT2D eigenvalue weighted by Gasteiger charge is -2.39. The molecule has 0 heterocycles. The first-order valence-electron chi connectivity index (χ1n) is 7.73. The Kier molecular flexibility index (Phi) is 5.94. The molecule has 2 rings (SSSR count). The highest BCUT2D eigenvalue weighted by Crippen LogP contribution is 2.33. The van der Waals surface area contributed by atoms with Gasteiger partial charge < -0.3 is 15.3 Å². The first-order valence-corrected chi connectivity index (χ1v) is 7.73. The molecule has 118 valence electrons. The summed E-state index contributed by atoms with van der Waals surface area (Å²) >= 11 is 0. The molecule has 0 amide bonds. The van der Waals surface area contributed by atoms with Gasteiger partial charge in [0.25, 0.3) is 0 Å². The zero-order chi connectivity index (χ0) is 15.2. The van der Waals surface area contributed by atoms with Crippen LogP contribution in [0.2, 0.25) is 0 Å². The Morgan fingerprint density at radius 2 is 1.95 bits per heavy atom. The van der Waals surface area contributed by atoms with Crippen molar-refractivity contribution in [3.63, 3.8) is 0 Å². The quantitative estimate of drug-likeness (QED) is 0.725. The Balaban J connectivity index is 2.17. The zero-order valence-corrected chi connectivity index (χ0v) is 12.5. The number of anilines is 1. The van der Waals surface area contributed by atoms with E-state index < -0.39 is 11.6 Å². The molecule has 3 nitrogen and oxygen atoms in total. The van der Waals surface area contributed by atoms with E-state index in [1.807, 2.05) is 6.92 Å². The van der Waals surface area contributed by atoms with Crippen molar-refractivity contribution in [3.8, 4) is 0 Å². The molecule has 0 unspecified atom stereocenters. The van der Waals surface area contributed by atoms with Gasteiger partial charge in [-0.2, -0.15) is 0 Å². The summed E-state index contributed by atoms with van der Waals surface area (Å²) in [6.07, 6.45) is 3.92. The summed E-state index contributed by atoms with van der Waals surface area (Å²) in [6.45, 7) is 3.50. The minimum atomic E-state index is -0.538. The molecular weight excluding hydrogens is 274 g/mol. The maximum atomic E-state index is 14.3. The van der Waals surface area contributed by atoms with Gasteiger partial charge in [-0.1, -0.05) is 6.92 Å². The van der Waals surface area contributed by atoms with Gasteiger partial charge >= 0.3 is 0 Å². The average Bonchev–Trinajstić information content (AvgIpc) is 2.36. The average molecular weight is 298 g/mol. The van der Waals surface area contributed by atoms with E-state index in [1.165, 1.54) is 12.1 Å². The van der Waals surface area contributed by atoms with E-state index in [1.54, 1.807) is 4.90 Å². The summed E-state index contributed by atoms with van der Waals surface area (Å²) in [5, 5.41) is 12.3. The normalized spacial score (nSPS) is 15.0. The summed E-state index contributed by atoms with van der Waals surface area (Å²) in [5.74, 6) is -1.08. The number of aliphatic hydroxyl groups is 1. The maximum Gasteiger partial charge on any atom is 0.149 e. The molecule has 0 atom stereocenters. The molecule has 2 N–H and O–H groups in total. The van der Waals surface area contributed by atoms with Crippen LogP contribution in [0.4, 0.5) is 14.5 Å². The van der Waals surface area contributed by atoms with Gasteiger partial charge in [-0.3, -0.25) is 0 Å². The predicted octanol–water partition coefficient (Wildman–Crippen LogP) is 2.82. The minimum Gasteiger partial charge on any atom is -0.395 e. The molecule has 0 spiro atoms. The lowest BCUT2D eigenvalue weighted by molar-refractivity contribution is 0.281. The molecule has 0 saturated heterocycles. The van der Waals surface area contributed by atoms with Gasteiger partial charge in [0.15, 0.2) is 0 Å². The predicted molar refractivity (Wildman–Crippen MR) is 80.4 cm³/mol. The number of halogens is 2. The molecule has 21 heavy (non-hydrogen) atoms. The zero-order valence-electron chi connectivity index (χ0n) is 12.5. The fourth-order valence-electron chi connectivity index (χ4n) is 2.69. The van der Waals surface area contributed by atoms with E-state index in [4.69, 9.17) is 5.11 Å². The third-order valence-corrected chi connectivity index (χ3v) is 3.98. The van der Waals surface area contributed by atoms with Gasteiger partial charge in [0.05, 0.1) is 6.61 Å². The van der Waals surface area contributed by atoms with Crippen molar-refractivity contribution in [1.29, 1.82) is 0 Å². The molecule has 1 aliphatic rings. The third-order valence-electron chi connectivity index (χ3n) is 3.98. The number of nitrogens with one attached hydrogen (secondary N) is 1. The highest BCUT2D eigenvalue weighted by molar-refractivity contribution is 5.52. The molecule has 0 aliphatic heterocycles. The fourth-order valence-corrected chi connectivity index (χ4v) is 2.69. The van der Waals surface area contributed by atoms with Gasteiger partial charge in [0.2, 0.25) is 0 Å². The fraction of sp³-hybridized carbons (Fsp3) is 0.625. The van der Waals surface area contributed by atoms with Crippen LogP contribution in [0.5, 0.6) is 0 Å². The number of nitrogens with zero attached hydrogens (tertiary/aromatic N) is 1. The van der Waals surface area contributed by atoms with Crippen molar-refractivity contribution in [2.45, 2.75) is 45.2 Å². The second kappa shape index (κ2) is 7.71. The van der Waals surface area contributed by atoms with Crippen LogP contribution in [-0.2, 0) is 6.54 Å². The van der Waals surface area contributed by atoms with Crippen molar-refractivity contribution in [2.75, 3.05) is 24.6 Å². The van der Waals surface area contributed by atoms with E-state index in [0.29, 0.717) is 12.1 Å². The lowest BCUT2D eigenvalue weighted by atomic mass is 9.91. The van der Waals surface area contributed by atoms with Crippen LogP contribution in [-0.4, -0.2) is 30.8 Å². The first-order chi connectivity index (χ1) is 10.2. The van der Waals surface area contributed by atoms with Gasteiger partial charge in [0.1, 0.15) is 17.3 Å². The third kappa shape index (κ3) is 3.92. The Morgan fingerprint density at radius 1 is 1.29 bits per heavy atom. The Morgan fingerprint density at radius 3 is 2.43 bits per heavy atom. The number of hydrogen-bond donors (Lipinski definition) is 2. The Labute approximate surface area is 125 Å². The van der Waals surface area contributed by atoms with Crippen molar-refractivity contribution >= 4 is 5.69 Å². The molecule has 1 saturated carbocycles. The molecule has 0 bridgehead atoms. The van der Waals surface area contributed by atoms with Crippen LogP contribution in [0, 0.1) is 11.6 Å². The van der Waals surface area contributed by atoms with E-state index in [9.17, 15) is 8.78 Å². The van der Waals surface area contributed by atoms with E-state index in [2.05, 4.69) is 5.32 Å². The van der Waals surface area contributed by atoms with Crippen LogP contribution in [0.15, 0.2) is 12.1 Å². The van der Waals surface area contributed by atoms with E-state index in [-0.39, 0.29) is 24.9 Å². The molecule has 1 aliphatic carbocycles. The van der Waals surface area contributed by atoms with Crippen LogP contribution in [0.1, 0.15) is 38.2 Å². The molecule has 1 fully saturated rings. The minimum absolute atomic E-state index is 0.00740. The second-order valence-corrected chi connectivity index (χ2v) is 5.59. The van der Waals surface area contributed by atoms with E-state index >= 15 is 0 Å². The lowest BCUT2D eigenvalue weighted by Crippen LogP contribution is -2.43. The van der Waals surface area contributed by atoms with Crippen LogP contribution < -0.4 is 10.2 Å². The molecule has 1 aromatic rings. The Bertz CT molecular complexity index is 441. The number of hydrogen-bond acceptors (Lipinski definition) is 3. The second-order valence-electron chi connectivity index (χ2n) is 5.59. The maximum absolute atomic E-state index is 14.3. The van der Waals surface area contributed by atoms with Crippen LogP contribution in [0.3, 0.4) is 0 Å². The molecule has 1 aromatic carbocycles. The van der Waals surface area contributed by atoms with Gasteiger partial charge in [-0.05, 0) is 49.9 Å². The Hall–Kier alpha value is -1.20. The van der Waals surface area contributed by atoms with Gasteiger partial charge in [-0.25, -0.2) is 8.78 Å². The van der Waals surface area contributed by atoms with Crippen molar-refractivity contribution < 1.29 is 13.9 Å². The summed E-state index contributed by atoms with van der Waals surface area (Å²) in [5.41, 5.74) is 0.618. The monoisotopic (exact) mass is 298 g/mol. The topological polar surface area (TPSA) is 35.5 Å². The highest BCUT2D eigenvalue weighted by Gasteiger charge is 2.28. The van der Waals surface area contributed by atoms with E-state index in [0.717, 1.165) is 32.2 Å². The van der Waals surface area contributed by atoms with Crippen molar-refractivity contribution in [3.05, 3.63) is 29.3 Å².